The van der Waals surface area contributed by atoms with Crippen molar-refractivity contribution in [3.63, 3.8) is 0 Å². The molecule has 202 valence electrons. The molecule has 1 aromatic carbocycles. The van der Waals surface area contributed by atoms with Crippen LogP contribution in [0.1, 0.15) is 132 Å². The van der Waals surface area contributed by atoms with Crippen LogP contribution in [0.4, 0.5) is 0 Å². The van der Waals surface area contributed by atoms with Gasteiger partial charge >= 0.3 is 0 Å². The van der Waals surface area contributed by atoms with Gasteiger partial charge in [0.15, 0.2) is 8.32 Å². The quantitative estimate of drug-likeness (QED) is 0.408. The molecular formula is C32H47NO3Si. The monoisotopic (exact) mass is 521 g/mol. The summed E-state index contributed by atoms with van der Waals surface area (Å²) in [4.78, 5) is 5.48. The average Bonchev–Trinajstić information content (AvgIpc) is 3.37. The van der Waals surface area contributed by atoms with Crippen molar-refractivity contribution in [1.29, 1.82) is 0 Å². The van der Waals surface area contributed by atoms with Gasteiger partial charge in [0, 0.05) is 22.5 Å². The molecule has 1 saturated carbocycles. The molecule has 2 heterocycles. The Labute approximate surface area is 225 Å². The van der Waals surface area contributed by atoms with Gasteiger partial charge in [-0.1, -0.05) is 73.4 Å². The highest BCUT2D eigenvalue weighted by Crippen LogP contribution is 2.60. The molecule has 0 bridgehead atoms. The number of aromatic nitrogens is 1. The molecule has 1 aromatic heterocycles. The molecule has 2 atom stereocenters. The van der Waals surface area contributed by atoms with E-state index in [2.05, 4.69) is 61.6 Å². The van der Waals surface area contributed by atoms with Crippen molar-refractivity contribution in [3.05, 3.63) is 57.9 Å². The lowest BCUT2D eigenvalue weighted by Gasteiger charge is -2.45. The number of rotatable bonds is 4. The van der Waals surface area contributed by atoms with Crippen LogP contribution < -0.4 is 0 Å². The minimum Gasteiger partial charge on any atom is -0.508 e. The molecule has 1 spiro atoms. The Hall–Kier alpha value is -1.69. The van der Waals surface area contributed by atoms with Gasteiger partial charge < -0.3 is 14.3 Å². The lowest BCUT2D eigenvalue weighted by molar-refractivity contribution is -0.0579. The van der Waals surface area contributed by atoms with Gasteiger partial charge in [-0.15, -0.1) is 0 Å². The first kappa shape index (κ1) is 26.9. The molecule has 0 amide bonds. The van der Waals surface area contributed by atoms with Crippen LogP contribution in [-0.4, -0.2) is 18.4 Å². The van der Waals surface area contributed by atoms with Crippen LogP contribution in [0.5, 0.6) is 5.75 Å². The summed E-state index contributed by atoms with van der Waals surface area (Å²) in [5.41, 5.74) is 7.43. The maximum atomic E-state index is 9.99. The molecule has 37 heavy (non-hydrogen) atoms. The van der Waals surface area contributed by atoms with Gasteiger partial charge in [0.2, 0.25) is 0 Å². The molecular weight excluding hydrogens is 474 g/mol. The van der Waals surface area contributed by atoms with Gasteiger partial charge in [0.05, 0.1) is 11.7 Å². The second-order valence-electron chi connectivity index (χ2n) is 14.5. The van der Waals surface area contributed by atoms with E-state index in [1.54, 1.807) is 12.1 Å². The Morgan fingerprint density at radius 3 is 2.24 bits per heavy atom. The molecule has 1 fully saturated rings. The third kappa shape index (κ3) is 4.59. The molecule has 4 nitrogen and oxygen atoms in total. The van der Waals surface area contributed by atoms with Crippen LogP contribution in [0.25, 0.3) is 0 Å². The Morgan fingerprint density at radius 2 is 1.68 bits per heavy atom. The molecule has 0 radical (unpaired) electrons. The number of hydrogen-bond donors (Lipinski definition) is 1. The number of fused-ring (bicyclic) bond motifs is 4. The van der Waals surface area contributed by atoms with Gasteiger partial charge in [-0.3, -0.25) is 4.98 Å². The first-order valence-electron chi connectivity index (χ1n) is 14.4. The molecule has 0 saturated heterocycles. The maximum Gasteiger partial charge on any atom is 0.192 e. The van der Waals surface area contributed by atoms with Crippen molar-refractivity contribution in [2.75, 3.05) is 0 Å². The van der Waals surface area contributed by atoms with E-state index in [4.69, 9.17) is 14.1 Å². The Balaban J connectivity index is 1.78. The van der Waals surface area contributed by atoms with Crippen LogP contribution in [0.2, 0.25) is 18.1 Å². The highest BCUT2D eigenvalue weighted by molar-refractivity contribution is 6.74. The summed E-state index contributed by atoms with van der Waals surface area (Å²) in [5, 5.41) is 10.1. The van der Waals surface area contributed by atoms with Crippen molar-refractivity contribution < 1.29 is 14.3 Å². The third-order valence-corrected chi connectivity index (χ3v) is 14.0. The minimum atomic E-state index is -2.03. The molecule has 1 aliphatic heterocycles. The first-order valence-corrected chi connectivity index (χ1v) is 17.3. The fourth-order valence-corrected chi connectivity index (χ4v) is 7.93. The predicted octanol–water partition coefficient (Wildman–Crippen LogP) is 8.83. The molecule has 2 aliphatic carbocycles. The zero-order valence-electron chi connectivity index (χ0n) is 24.5. The van der Waals surface area contributed by atoms with Gasteiger partial charge in [0.1, 0.15) is 11.9 Å². The summed E-state index contributed by atoms with van der Waals surface area (Å²) in [6.07, 6.45) is 6.37. The number of benzene rings is 1. The van der Waals surface area contributed by atoms with Gasteiger partial charge in [-0.05, 0) is 78.4 Å². The third-order valence-electron chi connectivity index (χ3n) is 9.55. The zero-order valence-corrected chi connectivity index (χ0v) is 25.5. The smallest absolute Gasteiger partial charge is 0.192 e. The number of hydrogen-bond acceptors (Lipinski definition) is 4. The SMILES string of the molecule is CC(C)c1nc2c(c3c1C(c1ccc(O)cc1)OC31CCCC1)C(O[Si](C)(C)C(C)(C)C)CC(C)(C)C2. The van der Waals surface area contributed by atoms with Crippen LogP contribution in [0.15, 0.2) is 24.3 Å². The number of ether oxygens (including phenoxy) is 1. The fourth-order valence-electron chi connectivity index (χ4n) is 6.66. The molecule has 5 rings (SSSR count). The lowest BCUT2D eigenvalue weighted by Crippen LogP contribution is -2.44. The van der Waals surface area contributed by atoms with Crippen molar-refractivity contribution in [1.82, 2.24) is 4.98 Å². The first-order chi connectivity index (χ1) is 17.1. The standard InChI is InChI=1S/C32H47NO3Si/c1-20(2)28-26-27(32(16-10-11-17-32)35-29(26)21-12-14-22(34)15-13-21)25-23(33-28)18-31(6,7)19-24(25)36-37(8,9)30(3,4)5/h12-15,20,24,29,34H,10-11,16-19H2,1-9H3. The average molecular weight is 522 g/mol. The Kier molecular flexibility index (Phi) is 6.49. The van der Waals surface area contributed by atoms with E-state index in [9.17, 15) is 5.11 Å². The van der Waals surface area contributed by atoms with Gasteiger partial charge in [-0.25, -0.2) is 0 Å². The number of phenols is 1. The molecule has 5 heteroatoms. The summed E-state index contributed by atoms with van der Waals surface area (Å²) in [6, 6.07) is 7.61. The molecule has 2 aromatic rings. The normalized spacial score (nSPS) is 24.5. The van der Waals surface area contributed by atoms with Crippen LogP contribution >= 0.6 is 0 Å². The van der Waals surface area contributed by atoms with Crippen molar-refractivity contribution >= 4 is 8.32 Å². The largest absolute Gasteiger partial charge is 0.508 e. The number of aromatic hydroxyl groups is 1. The fraction of sp³-hybridized carbons (Fsp3) is 0.656. The van der Waals surface area contributed by atoms with E-state index in [0.717, 1.165) is 31.2 Å². The van der Waals surface area contributed by atoms with E-state index >= 15 is 0 Å². The van der Waals surface area contributed by atoms with Gasteiger partial charge in [-0.2, -0.15) is 0 Å². The molecule has 3 aliphatic rings. The number of pyridine rings is 1. The Morgan fingerprint density at radius 1 is 1.05 bits per heavy atom. The summed E-state index contributed by atoms with van der Waals surface area (Å²) in [6.45, 7) is 21.0. The number of phenolic OH excluding ortho intramolecular Hbond substituents is 1. The van der Waals surface area contributed by atoms with Crippen molar-refractivity contribution in [2.45, 2.75) is 129 Å². The van der Waals surface area contributed by atoms with Crippen LogP contribution in [0, 0.1) is 5.41 Å². The second-order valence-corrected chi connectivity index (χ2v) is 19.3. The van der Waals surface area contributed by atoms with Gasteiger partial charge in [0.25, 0.3) is 0 Å². The summed E-state index contributed by atoms with van der Waals surface area (Å²) < 4.78 is 14.5. The summed E-state index contributed by atoms with van der Waals surface area (Å²) in [5.74, 6) is 0.582. The summed E-state index contributed by atoms with van der Waals surface area (Å²) in [7, 11) is -2.03. The summed E-state index contributed by atoms with van der Waals surface area (Å²) >= 11 is 0. The topological polar surface area (TPSA) is 51.6 Å². The van der Waals surface area contributed by atoms with Crippen molar-refractivity contribution in [2.24, 2.45) is 5.41 Å². The highest BCUT2D eigenvalue weighted by Gasteiger charge is 2.54. The zero-order chi connectivity index (χ0) is 27.0. The lowest BCUT2D eigenvalue weighted by atomic mass is 9.70. The molecule has 2 unspecified atom stereocenters. The maximum absolute atomic E-state index is 9.99. The van der Waals surface area contributed by atoms with E-state index in [1.165, 1.54) is 40.9 Å². The van der Waals surface area contributed by atoms with Crippen molar-refractivity contribution in [3.8, 4) is 5.75 Å². The number of nitrogens with zero attached hydrogens (tertiary/aromatic N) is 1. The van der Waals surface area contributed by atoms with E-state index in [-0.39, 0.29) is 34.0 Å². The highest BCUT2D eigenvalue weighted by atomic mass is 28.4. The predicted molar refractivity (Wildman–Crippen MR) is 153 cm³/mol. The van der Waals surface area contributed by atoms with E-state index in [1.807, 2.05) is 12.1 Å². The van der Waals surface area contributed by atoms with Crippen LogP contribution in [-0.2, 0) is 21.2 Å². The molecule has 1 N–H and O–H groups in total. The Bertz CT molecular complexity index is 1170. The van der Waals surface area contributed by atoms with E-state index in [0.29, 0.717) is 5.92 Å². The minimum absolute atomic E-state index is 0.0433. The second kappa shape index (κ2) is 8.92. The van der Waals surface area contributed by atoms with E-state index < -0.39 is 8.32 Å². The van der Waals surface area contributed by atoms with Crippen LogP contribution in [0.3, 0.4) is 0 Å².